The smallest absolute Gasteiger partial charge is 0.0580 e. The Bertz CT molecular complexity index is 106. The molecule has 2 N–H and O–H groups in total. The maximum absolute atomic E-state index is 9.56. The van der Waals surface area contributed by atoms with E-state index in [0.29, 0.717) is 5.92 Å². The van der Waals surface area contributed by atoms with Gasteiger partial charge in [0.05, 0.1) is 6.10 Å². The molecule has 2 nitrogen and oxygen atoms in total. The van der Waals surface area contributed by atoms with Crippen molar-refractivity contribution < 1.29 is 5.11 Å². The van der Waals surface area contributed by atoms with E-state index in [1.54, 1.807) is 0 Å². The molecule has 0 bridgehead atoms. The van der Waals surface area contributed by atoms with Crippen LogP contribution in [0, 0.1) is 5.92 Å². The first-order chi connectivity index (χ1) is 5.34. The summed E-state index contributed by atoms with van der Waals surface area (Å²) in [7, 11) is 0. The molecule has 0 spiro atoms. The highest BCUT2D eigenvalue weighted by Gasteiger charge is 2.21. The first kappa shape index (κ1) is 9.01. The van der Waals surface area contributed by atoms with Gasteiger partial charge in [0.15, 0.2) is 0 Å². The van der Waals surface area contributed by atoms with Crippen LogP contribution in [0.25, 0.3) is 0 Å². The van der Waals surface area contributed by atoms with E-state index in [9.17, 15) is 5.11 Å². The lowest BCUT2D eigenvalue weighted by molar-refractivity contribution is 0.0700. The van der Waals surface area contributed by atoms with Gasteiger partial charge < -0.3 is 10.4 Å². The van der Waals surface area contributed by atoms with Crippen LogP contribution in [0.5, 0.6) is 0 Å². The van der Waals surface area contributed by atoms with Crippen LogP contribution in [0.3, 0.4) is 0 Å². The van der Waals surface area contributed by atoms with Crippen molar-refractivity contribution in [3.63, 3.8) is 0 Å². The van der Waals surface area contributed by atoms with E-state index < -0.39 is 0 Å². The van der Waals surface area contributed by atoms with E-state index in [1.165, 1.54) is 19.3 Å². The summed E-state index contributed by atoms with van der Waals surface area (Å²) in [4.78, 5) is 0. The Morgan fingerprint density at radius 1 is 1.36 bits per heavy atom. The van der Waals surface area contributed by atoms with Crippen molar-refractivity contribution in [2.24, 2.45) is 5.92 Å². The van der Waals surface area contributed by atoms with E-state index in [1.807, 2.05) is 0 Å². The van der Waals surface area contributed by atoms with Crippen molar-refractivity contribution in [2.45, 2.75) is 38.7 Å². The molecule has 1 aliphatic carbocycles. The fraction of sp³-hybridized carbons (Fsp3) is 1.00. The van der Waals surface area contributed by atoms with E-state index in [0.717, 1.165) is 19.5 Å². The second-order valence-corrected chi connectivity index (χ2v) is 3.42. The molecule has 0 aliphatic heterocycles. The minimum atomic E-state index is -0.0391. The Labute approximate surface area is 69.0 Å². The van der Waals surface area contributed by atoms with Crippen LogP contribution in [-0.2, 0) is 0 Å². The summed E-state index contributed by atoms with van der Waals surface area (Å²) in [6, 6.07) is 0. The maximum Gasteiger partial charge on any atom is 0.0580 e. The number of rotatable bonds is 3. The molecule has 0 saturated heterocycles. The van der Waals surface area contributed by atoms with Gasteiger partial charge in [0.25, 0.3) is 0 Å². The summed E-state index contributed by atoms with van der Waals surface area (Å²) in [6.07, 6.45) is 4.68. The zero-order valence-corrected chi connectivity index (χ0v) is 7.34. The minimum Gasteiger partial charge on any atom is -0.393 e. The third kappa shape index (κ3) is 2.80. The standard InChI is InChI=1S/C9H19NO/c1-2-10-7-8-5-3-4-6-9(8)11/h8-11H,2-7H2,1H3/t8?,9-/m0/s1. The number of hydrogen-bond acceptors (Lipinski definition) is 2. The molecule has 1 fully saturated rings. The van der Waals surface area contributed by atoms with E-state index >= 15 is 0 Å². The van der Waals surface area contributed by atoms with Crippen molar-refractivity contribution in [3.8, 4) is 0 Å². The molecule has 1 rings (SSSR count). The number of hydrogen-bond donors (Lipinski definition) is 2. The summed E-state index contributed by atoms with van der Waals surface area (Å²) >= 11 is 0. The molecule has 0 aromatic heterocycles. The van der Waals surface area contributed by atoms with Gasteiger partial charge >= 0.3 is 0 Å². The minimum absolute atomic E-state index is 0.0391. The van der Waals surface area contributed by atoms with Gasteiger partial charge in [0.1, 0.15) is 0 Å². The lowest BCUT2D eigenvalue weighted by Crippen LogP contribution is -2.33. The van der Waals surface area contributed by atoms with Gasteiger partial charge in [-0.15, -0.1) is 0 Å². The highest BCUT2D eigenvalue weighted by atomic mass is 16.3. The van der Waals surface area contributed by atoms with Crippen LogP contribution in [-0.4, -0.2) is 24.3 Å². The summed E-state index contributed by atoms with van der Waals surface area (Å²) < 4.78 is 0. The van der Waals surface area contributed by atoms with Crippen LogP contribution in [0.2, 0.25) is 0 Å². The van der Waals surface area contributed by atoms with E-state index in [-0.39, 0.29) is 6.10 Å². The fourth-order valence-corrected chi connectivity index (χ4v) is 1.76. The van der Waals surface area contributed by atoms with Crippen molar-refractivity contribution >= 4 is 0 Å². The Kier molecular flexibility index (Phi) is 3.87. The Balaban J connectivity index is 2.18. The predicted octanol–water partition coefficient (Wildman–Crippen LogP) is 1.15. The number of aliphatic hydroxyl groups excluding tert-OH is 1. The van der Waals surface area contributed by atoms with E-state index in [4.69, 9.17) is 0 Å². The van der Waals surface area contributed by atoms with Crippen molar-refractivity contribution in [3.05, 3.63) is 0 Å². The predicted molar refractivity (Wildman–Crippen MR) is 46.5 cm³/mol. The second-order valence-electron chi connectivity index (χ2n) is 3.42. The highest BCUT2D eigenvalue weighted by Crippen LogP contribution is 2.23. The first-order valence-electron chi connectivity index (χ1n) is 4.73. The lowest BCUT2D eigenvalue weighted by atomic mass is 9.86. The fourth-order valence-electron chi connectivity index (χ4n) is 1.76. The molecular weight excluding hydrogens is 138 g/mol. The summed E-state index contributed by atoms with van der Waals surface area (Å²) in [5, 5.41) is 12.8. The van der Waals surface area contributed by atoms with Gasteiger partial charge in [-0.1, -0.05) is 19.8 Å². The molecule has 1 saturated carbocycles. The SMILES string of the molecule is CCNCC1CCCC[C@@H]1O. The van der Waals surface area contributed by atoms with Crippen LogP contribution < -0.4 is 5.32 Å². The zero-order valence-electron chi connectivity index (χ0n) is 7.34. The molecule has 2 atom stereocenters. The molecule has 1 aliphatic rings. The second kappa shape index (κ2) is 4.73. The third-order valence-electron chi connectivity index (χ3n) is 2.53. The topological polar surface area (TPSA) is 32.3 Å². The van der Waals surface area contributed by atoms with Gasteiger partial charge in [-0.2, -0.15) is 0 Å². The van der Waals surface area contributed by atoms with Gasteiger partial charge in [-0.25, -0.2) is 0 Å². The molecule has 0 radical (unpaired) electrons. The Hall–Kier alpha value is -0.0800. The van der Waals surface area contributed by atoms with Gasteiger partial charge in [-0.05, 0) is 25.3 Å². The van der Waals surface area contributed by atoms with Gasteiger partial charge in [-0.3, -0.25) is 0 Å². The Morgan fingerprint density at radius 3 is 2.73 bits per heavy atom. The molecular formula is C9H19NO. The van der Waals surface area contributed by atoms with Crippen molar-refractivity contribution in [1.82, 2.24) is 5.32 Å². The van der Waals surface area contributed by atoms with Crippen molar-refractivity contribution in [1.29, 1.82) is 0 Å². The average Bonchev–Trinajstić information content (AvgIpc) is 2.03. The largest absolute Gasteiger partial charge is 0.393 e. The average molecular weight is 157 g/mol. The molecule has 0 heterocycles. The van der Waals surface area contributed by atoms with Crippen LogP contribution in [0.4, 0.5) is 0 Å². The summed E-state index contributed by atoms with van der Waals surface area (Å²) in [5.41, 5.74) is 0. The van der Waals surface area contributed by atoms with Crippen LogP contribution in [0.1, 0.15) is 32.6 Å². The normalized spacial score (nSPS) is 32.2. The maximum atomic E-state index is 9.56. The van der Waals surface area contributed by atoms with Crippen LogP contribution in [0.15, 0.2) is 0 Å². The molecule has 1 unspecified atom stereocenters. The molecule has 2 heteroatoms. The highest BCUT2D eigenvalue weighted by molar-refractivity contribution is 4.75. The van der Waals surface area contributed by atoms with E-state index in [2.05, 4.69) is 12.2 Å². The molecule has 0 amide bonds. The summed E-state index contributed by atoms with van der Waals surface area (Å²) in [6.45, 7) is 4.12. The van der Waals surface area contributed by atoms with Gasteiger partial charge in [0, 0.05) is 6.54 Å². The number of nitrogens with one attached hydrogen (secondary N) is 1. The first-order valence-corrected chi connectivity index (χ1v) is 4.73. The van der Waals surface area contributed by atoms with Crippen molar-refractivity contribution in [2.75, 3.05) is 13.1 Å². The summed E-state index contributed by atoms with van der Waals surface area (Å²) in [5.74, 6) is 0.517. The monoisotopic (exact) mass is 157 g/mol. The third-order valence-corrected chi connectivity index (χ3v) is 2.53. The molecule has 0 aromatic rings. The molecule has 0 aromatic carbocycles. The molecule has 66 valence electrons. The zero-order chi connectivity index (χ0) is 8.10. The quantitative estimate of drug-likeness (QED) is 0.644. The molecule has 11 heavy (non-hydrogen) atoms. The Morgan fingerprint density at radius 2 is 2.09 bits per heavy atom. The number of aliphatic hydroxyl groups is 1. The van der Waals surface area contributed by atoms with Gasteiger partial charge in [0.2, 0.25) is 0 Å². The lowest BCUT2D eigenvalue weighted by Gasteiger charge is -2.27. The van der Waals surface area contributed by atoms with Crippen LogP contribution >= 0.6 is 0 Å².